The van der Waals surface area contributed by atoms with Gasteiger partial charge in [-0.05, 0) is 69.5 Å². The molecule has 4 N–H and O–H groups in total. The Kier molecular flexibility index (Phi) is 10.3. The van der Waals surface area contributed by atoms with Gasteiger partial charge in [0, 0.05) is 6.42 Å². The van der Waals surface area contributed by atoms with E-state index in [0.29, 0.717) is 11.4 Å². The number of amides is 3. The molecule has 0 bridgehead atoms. The van der Waals surface area contributed by atoms with E-state index in [2.05, 4.69) is 25.9 Å². The number of alkyl carbamates (subject to hydrolysis) is 1. The molecule has 41 heavy (non-hydrogen) atoms. The SMILES string of the molecule is CCOC(=O)C(c1ccccc1)c1ncc(NC(=O)[C@@H](Cc2ccsc2)NC(=O)C(C)(C)NC(=O)OC(C)(C)C)[nH]1. The molecule has 0 fully saturated rings. The molecule has 3 aromatic rings. The molecule has 1 unspecified atom stereocenters. The predicted molar refractivity (Wildman–Crippen MR) is 156 cm³/mol. The first-order valence-corrected chi connectivity index (χ1v) is 14.1. The number of carbonyl (C=O) groups excluding carboxylic acids is 4. The van der Waals surface area contributed by atoms with Crippen LogP contribution in [-0.2, 0) is 30.3 Å². The lowest BCUT2D eigenvalue weighted by Gasteiger charge is -2.29. The Bertz CT molecular complexity index is 1330. The van der Waals surface area contributed by atoms with Crippen molar-refractivity contribution >= 4 is 41.0 Å². The van der Waals surface area contributed by atoms with Crippen molar-refractivity contribution in [1.29, 1.82) is 0 Å². The summed E-state index contributed by atoms with van der Waals surface area (Å²) in [4.78, 5) is 59.1. The number of aromatic amines is 1. The molecule has 220 valence electrons. The molecule has 0 saturated heterocycles. The van der Waals surface area contributed by atoms with Gasteiger partial charge in [0.05, 0.1) is 12.8 Å². The molecule has 0 aliphatic heterocycles. The van der Waals surface area contributed by atoms with Crippen LogP contribution >= 0.6 is 11.3 Å². The minimum Gasteiger partial charge on any atom is -0.465 e. The second-order valence-electron chi connectivity index (χ2n) is 10.9. The number of thiophene rings is 1. The zero-order valence-corrected chi connectivity index (χ0v) is 24.9. The van der Waals surface area contributed by atoms with Crippen LogP contribution in [0.15, 0.2) is 53.4 Å². The van der Waals surface area contributed by atoms with Crippen molar-refractivity contribution in [2.75, 3.05) is 11.9 Å². The normalized spacial score (nSPS) is 13.0. The summed E-state index contributed by atoms with van der Waals surface area (Å²) in [6.45, 7) is 10.1. The minimum atomic E-state index is -1.38. The molecule has 0 spiro atoms. The van der Waals surface area contributed by atoms with Gasteiger partial charge in [-0.25, -0.2) is 9.78 Å². The lowest BCUT2D eigenvalue weighted by Crippen LogP contribution is -2.59. The number of esters is 1. The van der Waals surface area contributed by atoms with Crippen molar-refractivity contribution in [2.45, 2.75) is 71.1 Å². The maximum atomic E-state index is 13.4. The van der Waals surface area contributed by atoms with Crippen molar-refractivity contribution in [3.05, 3.63) is 70.3 Å². The number of aromatic nitrogens is 2. The van der Waals surface area contributed by atoms with Gasteiger partial charge >= 0.3 is 12.1 Å². The van der Waals surface area contributed by atoms with E-state index >= 15 is 0 Å². The van der Waals surface area contributed by atoms with E-state index in [9.17, 15) is 19.2 Å². The van der Waals surface area contributed by atoms with Gasteiger partial charge in [0.2, 0.25) is 11.8 Å². The number of benzene rings is 1. The Hall–Kier alpha value is -4.19. The molecule has 1 aromatic carbocycles. The van der Waals surface area contributed by atoms with Crippen molar-refractivity contribution in [3.63, 3.8) is 0 Å². The van der Waals surface area contributed by atoms with Crippen molar-refractivity contribution < 1.29 is 28.7 Å². The van der Waals surface area contributed by atoms with Crippen LogP contribution in [0.2, 0.25) is 0 Å². The van der Waals surface area contributed by atoms with Crippen molar-refractivity contribution in [2.24, 2.45) is 0 Å². The lowest BCUT2D eigenvalue weighted by atomic mass is 9.98. The molecule has 11 nitrogen and oxygen atoms in total. The predicted octanol–water partition coefficient (Wildman–Crippen LogP) is 4.14. The van der Waals surface area contributed by atoms with E-state index in [1.54, 1.807) is 39.8 Å². The molecule has 0 saturated carbocycles. The highest BCUT2D eigenvalue weighted by Gasteiger charge is 2.35. The number of hydrogen-bond donors (Lipinski definition) is 4. The van der Waals surface area contributed by atoms with Gasteiger partial charge in [-0.15, -0.1) is 0 Å². The first kappa shape index (κ1) is 31.3. The molecule has 3 rings (SSSR count). The summed E-state index contributed by atoms with van der Waals surface area (Å²) in [5.41, 5.74) is -0.585. The largest absolute Gasteiger partial charge is 0.465 e. The average molecular weight is 584 g/mol. The van der Waals surface area contributed by atoms with Crippen LogP contribution in [0.5, 0.6) is 0 Å². The van der Waals surface area contributed by atoms with E-state index in [1.807, 2.05) is 35.0 Å². The summed E-state index contributed by atoms with van der Waals surface area (Å²) in [5, 5.41) is 11.8. The second-order valence-corrected chi connectivity index (χ2v) is 11.7. The highest BCUT2D eigenvalue weighted by Crippen LogP contribution is 2.25. The molecule has 3 amide bonds. The monoisotopic (exact) mass is 583 g/mol. The van der Waals surface area contributed by atoms with E-state index in [0.717, 1.165) is 5.56 Å². The maximum absolute atomic E-state index is 13.4. The molecule has 2 atom stereocenters. The fourth-order valence-corrected chi connectivity index (χ4v) is 4.53. The fourth-order valence-electron chi connectivity index (χ4n) is 3.85. The van der Waals surface area contributed by atoms with Crippen LogP contribution in [0.1, 0.15) is 64.4 Å². The van der Waals surface area contributed by atoms with Crippen molar-refractivity contribution in [3.8, 4) is 0 Å². The number of ether oxygens (including phenoxy) is 2. The number of rotatable bonds is 11. The molecule has 12 heteroatoms. The van der Waals surface area contributed by atoms with Gasteiger partial charge in [0.1, 0.15) is 34.7 Å². The van der Waals surface area contributed by atoms with Gasteiger partial charge in [-0.1, -0.05) is 30.3 Å². The van der Waals surface area contributed by atoms with Crippen LogP contribution in [-0.4, -0.2) is 57.6 Å². The third kappa shape index (κ3) is 9.17. The standard InChI is InChI=1S/C29H37N5O6S/c1-7-39-25(36)22(19-11-9-8-10-12-19)23-30-16-21(32-23)33-24(35)20(15-18-13-14-41-17-18)31-26(37)29(5,6)34-27(38)40-28(2,3)4/h8-14,16-17,20,22H,7,15H2,1-6H3,(H,30,32)(H,31,37)(H,33,35)(H,34,38)/t20-,22?/m1/s1. The molecule has 0 aliphatic carbocycles. The molecule has 0 radical (unpaired) electrons. The molecular weight excluding hydrogens is 546 g/mol. The average Bonchev–Trinajstić information content (AvgIpc) is 3.55. The molecule has 0 aliphatic rings. The number of H-pyrrole nitrogens is 1. The van der Waals surface area contributed by atoms with Gasteiger partial charge in [0.25, 0.3) is 0 Å². The summed E-state index contributed by atoms with van der Waals surface area (Å²) >= 11 is 1.47. The van der Waals surface area contributed by atoms with Gasteiger partial charge in [-0.2, -0.15) is 11.3 Å². The highest BCUT2D eigenvalue weighted by molar-refractivity contribution is 7.07. The van der Waals surface area contributed by atoms with Crippen LogP contribution in [0.4, 0.5) is 10.6 Å². The van der Waals surface area contributed by atoms with Crippen LogP contribution in [0.25, 0.3) is 0 Å². The number of nitrogens with one attached hydrogen (secondary N) is 4. The summed E-state index contributed by atoms with van der Waals surface area (Å²) in [6, 6.07) is 9.92. The maximum Gasteiger partial charge on any atom is 0.408 e. The summed E-state index contributed by atoms with van der Waals surface area (Å²) in [5.74, 6) is -1.84. The minimum absolute atomic E-state index is 0.204. The Morgan fingerprint density at radius 1 is 1.05 bits per heavy atom. The summed E-state index contributed by atoms with van der Waals surface area (Å²) in [6.07, 6.45) is 0.857. The number of anilines is 1. The third-order valence-electron chi connectivity index (χ3n) is 5.80. The third-order valence-corrected chi connectivity index (χ3v) is 6.54. The lowest BCUT2D eigenvalue weighted by molar-refractivity contribution is -0.144. The van der Waals surface area contributed by atoms with Gasteiger partial charge in [-0.3, -0.25) is 14.4 Å². The smallest absolute Gasteiger partial charge is 0.408 e. The zero-order chi connectivity index (χ0) is 30.2. The Morgan fingerprint density at radius 2 is 1.76 bits per heavy atom. The Morgan fingerprint density at radius 3 is 2.37 bits per heavy atom. The van der Waals surface area contributed by atoms with Gasteiger partial charge in [0.15, 0.2) is 0 Å². The number of imidazole rings is 1. The van der Waals surface area contributed by atoms with Crippen molar-refractivity contribution in [1.82, 2.24) is 20.6 Å². The second kappa shape index (κ2) is 13.4. The number of carbonyl (C=O) groups is 4. The van der Waals surface area contributed by atoms with Crippen LogP contribution in [0.3, 0.4) is 0 Å². The topological polar surface area (TPSA) is 152 Å². The first-order chi connectivity index (χ1) is 19.3. The zero-order valence-electron chi connectivity index (χ0n) is 24.1. The van der Waals surface area contributed by atoms with E-state index < -0.39 is 47.0 Å². The van der Waals surface area contributed by atoms with Gasteiger partial charge < -0.3 is 30.4 Å². The number of nitrogens with zero attached hydrogens (tertiary/aromatic N) is 1. The molecular formula is C29H37N5O6S. The molecule has 2 heterocycles. The molecule has 2 aromatic heterocycles. The Balaban J connectivity index is 1.78. The number of hydrogen-bond acceptors (Lipinski definition) is 8. The Labute approximate surface area is 243 Å². The van der Waals surface area contributed by atoms with E-state index in [4.69, 9.17) is 9.47 Å². The fraction of sp³-hybridized carbons (Fsp3) is 0.414. The quantitative estimate of drug-likeness (QED) is 0.248. The summed E-state index contributed by atoms with van der Waals surface area (Å²) in [7, 11) is 0. The summed E-state index contributed by atoms with van der Waals surface area (Å²) < 4.78 is 10.5. The van der Waals surface area contributed by atoms with Crippen LogP contribution in [0, 0.1) is 0 Å². The highest BCUT2D eigenvalue weighted by atomic mass is 32.1. The van der Waals surface area contributed by atoms with Crippen LogP contribution < -0.4 is 16.0 Å². The first-order valence-electron chi connectivity index (χ1n) is 13.2. The van der Waals surface area contributed by atoms with E-state index in [1.165, 1.54) is 31.4 Å². The van der Waals surface area contributed by atoms with E-state index in [-0.39, 0.29) is 18.8 Å².